The molecule has 0 aromatic carbocycles. The molecule has 0 radical (unpaired) electrons. The molecule has 5 nitrogen and oxygen atoms in total. The quantitative estimate of drug-likeness (QED) is 0.850. The highest BCUT2D eigenvalue weighted by molar-refractivity contribution is 5.35. The van der Waals surface area contributed by atoms with Crippen molar-refractivity contribution in [3.63, 3.8) is 0 Å². The van der Waals surface area contributed by atoms with Gasteiger partial charge in [0.25, 0.3) is 0 Å². The summed E-state index contributed by atoms with van der Waals surface area (Å²) in [6, 6.07) is 5.47. The molecule has 0 atom stereocenters. The molecule has 1 N–H and O–H groups in total. The summed E-state index contributed by atoms with van der Waals surface area (Å²) in [5.41, 5.74) is 0.673. The molecule has 1 saturated carbocycles. The molecule has 0 saturated heterocycles. The predicted molar refractivity (Wildman–Crippen MR) is 72.6 cm³/mol. The molecule has 5 heteroatoms. The van der Waals surface area contributed by atoms with Gasteiger partial charge in [-0.2, -0.15) is 5.26 Å². The van der Waals surface area contributed by atoms with Gasteiger partial charge < -0.3 is 10.1 Å². The van der Waals surface area contributed by atoms with Crippen LogP contribution in [-0.4, -0.2) is 30.5 Å². The second kappa shape index (κ2) is 6.48. The number of nitrogens with one attached hydrogen (secondary N) is 1. The summed E-state index contributed by atoms with van der Waals surface area (Å²) in [4.78, 5) is 0. The molecule has 0 unspecified atom stereocenters. The van der Waals surface area contributed by atoms with E-state index < -0.39 is 0 Å². The Kier molecular flexibility index (Phi) is 4.69. The summed E-state index contributed by atoms with van der Waals surface area (Å²) in [7, 11) is 1.75. The highest BCUT2D eigenvalue weighted by Crippen LogP contribution is 2.41. The Morgan fingerprint density at radius 1 is 1.37 bits per heavy atom. The van der Waals surface area contributed by atoms with Crippen LogP contribution in [0.3, 0.4) is 0 Å². The first-order chi connectivity index (χ1) is 9.28. The van der Waals surface area contributed by atoms with E-state index in [1.807, 2.05) is 12.1 Å². The van der Waals surface area contributed by atoms with Crippen LogP contribution in [0.25, 0.3) is 0 Å². The van der Waals surface area contributed by atoms with E-state index in [4.69, 9.17) is 10.00 Å². The number of aromatic nitrogens is 2. The predicted octanol–water partition coefficient (Wildman–Crippen LogP) is 2.36. The van der Waals surface area contributed by atoms with Crippen LogP contribution in [0.1, 0.15) is 37.8 Å². The zero-order valence-electron chi connectivity index (χ0n) is 11.4. The third-order valence-electron chi connectivity index (χ3n) is 3.92. The lowest BCUT2D eigenvalue weighted by Gasteiger charge is -2.29. The molecule has 2 rings (SSSR count). The molecule has 0 aliphatic heterocycles. The highest BCUT2D eigenvalue weighted by atomic mass is 16.5. The van der Waals surface area contributed by atoms with Gasteiger partial charge in [0.1, 0.15) is 11.9 Å². The van der Waals surface area contributed by atoms with Gasteiger partial charge in [-0.05, 0) is 36.8 Å². The minimum Gasteiger partial charge on any atom is -0.385 e. The average molecular weight is 260 g/mol. The molecule has 1 fully saturated rings. The highest BCUT2D eigenvalue weighted by Gasteiger charge is 2.33. The van der Waals surface area contributed by atoms with E-state index in [1.165, 1.54) is 25.7 Å². The smallest absolute Gasteiger partial charge is 0.163 e. The molecule has 0 spiro atoms. The Morgan fingerprint density at radius 2 is 2.16 bits per heavy atom. The van der Waals surface area contributed by atoms with Crippen molar-refractivity contribution < 1.29 is 4.74 Å². The average Bonchev–Trinajstić information content (AvgIpc) is 2.93. The molecule has 1 aromatic heterocycles. The van der Waals surface area contributed by atoms with Crippen LogP contribution >= 0.6 is 0 Å². The number of anilines is 1. The van der Waals surface area contributed by atoms with Crippen LogP contribution in [0, 0.1) is 16.7 Å². The van der Waals surface area contributed by atoms with Gasteiger partial charge >= 0.3 is 0 Å². The van der Waals surface area contributed by atoms with Crippen LogP contribution < -0.4 is 5.32 Å². The van der Waals surface area contributed by atoms with Crippen molar-refractivity contribution in [2.75, 3.05) is 25.6 Å². The van der Waals surface area contributed by atoms with Gasteiger partial charge in [0.05, 0.1) is 0 Å². The molecule has 1 aromatic rings. The Hall–Kier alpha value is -1.67. The van der Waals surface area contributed by atoms with Crippen molar-refractivity contribution in [2.45, 2.75) is 32.1 Å². The lowest BCUT2D eigenvalue weighted by Crippen LogP contribution is -2.28. The first kappa shape index (κ1) is 13.8. The van der Waals surface area contributed by atoms with Gasteiger partial charge in [0.2, 0.25) is 0 Å². The minimum absolute atomic E-state index is 0.325. The van der Waals surface area contributed by atoms with E-state index in [2.05, 4.69) is 15.5 Å². The van der Waals surface area contributed by atoms with Crippen LogP contribution in [-0.2, 0) is 4.74 Å². The fourth-order valence-electron chi connectivity index (χ4n) is 2.72. The van der Waals surface area contributed by atoms with Crippen LogP contribution in [0.5, 0.6) is 0 Å². The van der Waals surface area contributed by atoms with E-state index in [0.717, 1.165) is 25.4 Å². The van der Waals surface area contributed by atoms with Crippen molar-refractivity contribution in [1.29, 1.82) is 5.26 Å². The van der Waals surface area contributed by atoms with Crippen LogP contribution in [0.15, 0.2) is 12.1 Å². The fraction of sp³-hybridized carbons (Fsp3) is 0.643. The Labute approximate surface area is 114 Å². The fourth-order valence-corrected chi connectivity index (χ4v) is 2.72. The maximum atomic E-state index is 8.68. The van der Waals surface area contributed by atoms with Gasteiger partial charge in [-0.25, -0.2) is 0 Å². The molecule has 19 heavy (non-hydrogen) atoms. The molecule has 1 aliphatic carbocycles. The summed E-state index contributed by atoms with van der Waals surface area (Å²) >= 11 is 0. The maximum Gasteiger partial charge on any atom is 0.163 e. The van der Waals surface area contributed by atoms with E-state index in [-0.39, 0.29) is 0 Å². The third-order valence-corrected chi connectivity index (χ3v) is 3.92. The summed E-state index contributed by atoms with van der Waals surface area (Å²) < 4.78 is 5.22. The molecule has 102 valence electrons. The van der Waals surface area contributed by atoms with E-state index in [1.54, 1.807) is 13.2 Å². The number of hydrogen-bond acceptors (Lipinski definition) is 5. The largest absolute Gasteiger partial charge is 0.385 e. The van der Waals surface area contributed by atoms with Crippen molar-refractivity contribution >= 4 is 5.82 Å². The van der Waals surface area contributed by atoms with Gasteiger partial charge in [-0.3, -0.25) is 0 Å². The summed E-state index contributed by atoms with van der Waals surface area (Å²) in [5, 5.41) is 19.9. The number of hydrogen-bond donors (Lipinski definition) is 1. The van der Waals surface area contributed by atoms with Gasteiger partial charge in [-0.15, -0.1) is 10.2 Å². The van der Waals surface area contributed by atoms with Gasteiger partial charge in [0.15, 0.2) is 5.69 Å². The summed E-state index contributed by atoms with van der Waals surface area (Å²) in [5.74, 6) is 0.739. The van der Waals surface area contributed by atoms with Crippen molar-refractivity contribution in [1.82, 2.24) is 10.2 Å². The Bertz CT molecular complexity index is 432. The van der Waals surface area contributed by atoms with Crippen molar-refractivity contribution in [3.05, 3.63) is 17.8 Å². The SMILES string of the molecule is COCCC1(CNc2ccc(C#N)nn2)CCCC1. The van der Waals surface area contributed by atoms with Crippen LogP contribution in [0.2, 0.25) is 0 Å². The second-order valence-electron chi connectivity index (χ2n) is 5.22. The molecule has 0 amide bonds. The number of methoxy groups -OCH3 is 1. The van der Waals surface area contributed by atoms with Crippen LogP contribution in [0.4, 0.5) is 5.82 Å². The lowest BCUT2D eigenvalue weighted by atomic mass is 9.83. The molecular formula is C14H20N4O. The topological polar surface area (TPSA) is 70.8 Å². The zero-order chi connectivity index (χ0) is 13.6. The number of nitrogens with zero attached hydrogens (tertiary/aromatic N) is 3. The molecular weight excluding hydrogens is 240 g/mol. The first-order valence-corrected chi connectivity index (χ1v) is 6.75. The second-order valence-corrected chi connectivity index (χ2v) is 5.22. The minimum atomic E-state index is 0.325. The first-order valence-electron chi connectivity index (χ1n) is 6.75. The van der Waals surface area contributed by atoms with E-state index >= 15 is 0 Å². The lowest BCUT2D eigenvalue weighted by molar-refractivity contribution is 0.143. The van der Waals surface area contributed by atoms with E-state index in [9.17, 15) is 0 Å². The summed E-state index contributed by atoms with van der Waals surface area (Å²) in [6.07, 6.45) is 6.16. The molecule has 1 aliphatic rings. The van der Waals surface area contributed by atoms with Gasteiger partial charge in [0, 0.05) is 20.3 Å². The van der Waals surface area contributed by atoms with Crippen molar-refractivity contribution in [2.24, 2.45) is 5.41 Å². The number of ether oxygens (including phenoxy) is 1. The third kappa shape index (κ3) is 3.65. The molecule has 1 heterocycles. The van der Waals surface area contributed by atoms with Gasteiger partial charge in [-0.1, -0.05) is 12.8 Å². The normalized spacial score (nSPS) is 17.1. The Morgan fingerprint density at radius 3 is 2.74 bits per heavy atom. The van der Waals surface area contributed by atoms with E-state index in [0.29, 0.717) is 11.1 Å². The Balaban J connectivity index is 1.92. The molecule has 0 bridgehead atoms. The number of rotatable bonds is 6. The van der Waals surface area contributed by atoms with Crippen molar-refractivity contribution in [3.8, 4) is 6.07 Å². The standard InChI is InChI=1S/C14H20N4O/c1-19-9-8-14(6-2-3-7-14)11-16-13-5-4-12(10-15)17-18-13/h4-5H,2-3,6-9,11H2,1H3,(H,16,18). The monoisotopic (exact) mass is 260 g/mol. The maximum absolute atomic E-state index is 8.68. The summed E-state index contributed by atoms with van der Waals surface area (Å²) in [6.45, 7) is 1.71. The zero-order valence-corrected chi connectivity index (χ0v) is 11.4. The number of nitriles is 1.